The SMILES string of the molecule is COc1ccc(CC(=O)N[C@H](C)C(=O)N2CCC(Cc3ccccc3)CC2)cc1. The summed E-state index contributed by atoms with van der Waals surface area (Å²) in [6.45, 7) is 3.29. The second-order valence-corrected chi connectivity index (χ2v) is 7.77. The average Bonchev–Trinajstić information content (AvgIpc) is 2.75. The van der Waals surface area contributed by atoms with Crippen molar-refractivity contribution in [2.75, 3.05) is 20.2 Å². The lowest BCUT2D eigenvalue weighted by Gasteiger charge is -2.33. The predicted octanol–water partition coefficient (Wildman–Crippen LogP) is 3.22. The second-order valence-electron chi connectivity index (χ2n) is 7.77. The first kappa shape index (κ1) is 20.9. The van der Waals surface area contributed by atoms with Crippen LogP contribution in [0.3, 0.4) is 0 Å². The van der Waals surface area contributed by atoms with Gasteiger partial charge in [0.15, 0.2) is 0 Å². The number of carbonyl (C=O) groups is 2. The van der Waals surface area contributed by atoms with Gasteiger partial charge < -0.3 is 15.0 Å². The van der Waals surface area contributed by atoms with E-state index in [0.29, 0.717) is 5.92 Å². The maximum Gasteiger partial charge on any atom is 0.244 e. The number of nitrogens with one attached hydrogen (secondary N) is 1. The first-order valence-corrected chi connectivity index (χ1v) is 10.3. The van der Waals surface area contributed by atoms with E-state index < -0.39 is 6.04 Å². The number of likely N-dealkylation sites (tertiary alicyclic amines) is 1. The number of carbonyl (C=O) groups excluding carboxylic acids is 2. The van der Waals surface area contributed by atoms with Crippen molar-refractivity contribution in [2.45, 2.75) is 38.6 Å². The molecule has 0 radical (unpaired) electrons. The Bertz CT molecular complexity index is 797. The van der Waals surface area contributed by atoms with Gasteiger partial charge in [0, 0.05) is 13.1 Å². The van der Waals surface area contributed by atoms with Crippen molar-refractivity contribution in [1.82, 2.24) is 10.2 Å². The van der Waals surface area contributed by atoms with Gasteiger partial charge in [-0.1, -0.05) is 42.5 Å². The maximum absolute atomic E-state index is 12.7. The fraction of sp³-hybridized carbons (Fsp3) is 0.417. The Balaban J connectivity index is 1.43. The van der Waals surface area contributed by atoms with Gasteiger partial charge in [-0.05, 0) is 55.4 Å². The summed E-state index contributed by atoms with van der Waals surface area (Å²) in [5.41, 5.74) is 2.25. The Morgan fingerprint density at radius 2 is 1.69 bits per heavy atom. The van der Waals surface area contributed by atoms with Crippen LogP contribution in [-0.4, -0.2) is 43.0 Å². The van der Waals surface area contributed by atoms with Gasteiger partial charge in [0.1, 0.15) is 11.8 Å². The van der Waals surface area contributed by atoms with Crippen LogP contribution in [0.5, 0.6) is 5.75 Å². The fourth-order valence-corrected chi connectivity index (χ4v) is 3.86. The summed E-state index contributed by atoms with van der Waals surface area (Å²) in [6.07, 6.45) is 3.33. The van der Waals surface area contributed by atoms with Crippen LogP contribution in [0.4, 0.5) is 0 Å². The van der Waals surface area contributed by atoms with Crippen molar-refractivity contribution >= 4 is 11.8 Å². The van der Waals surface area contributed by atoms with Crippen molar-refractivity contribution in [1.29, 1.82) is 0 Å². The first-order chi connectivity index (χ1) is 14.0. The largest absolute Gasteiger partial charge is 0.497 e. The minimum atomic E-state index is -0.508. The molecule has 1 N–H and O–H groups in total. The molecule has 5 heteroatoms. The summed E-state index contributed by atoms with van der Waals surface area (Å²) in [5.74, 6) is 1.23. The zero-order chi connectivity index (χ0) is 20.6. The molecule has 1 aliphatic heterocycles. The van der Waals surface area contributed by atoms with Crippen molar-refractivity contribution in [3.05, 3.63) is 65.7 Å². The third-order valence-electron chi connectivity index (χ3n) is 5.57. The highest BCUT2D eigenvalue weighted by molar-refractivity contribution is 5.88. The van der Waals surface area contributed by atoms with E-state index in [-0.39, 0.29) is 18.2 Å². The van der Waals surface area contributed by atoms with E-state index in [1.807, 2.05) is 35.2 Å². The second kappa shape index (κ2) is 10.1. The molecule has 1 saturated heterocycles. The molecule has 0 spiro atoms. The van der Waals surface area contributed by atoms with Crippen LogP contribution in [0.1, 0.15) is 30.9 Å². The molecule has 3 rings (SSSR count). The van der Waals surface area contributed by atoms with Crippen molar-refractivity contribution in [3.63, 3.8) is 0 Å². The van der Waals surface area contributed by atoms with Gasteiger partial charge in [0.05, 0.1) is 13.5 Å². The molecule has 2 aromatic carbocycles. The number of hydrogen-bond donors (Lipinski definition) is 1. The van der Waals surface area contributed by atoms with E-state index in [9.17, 15) is 9.59 Å². The Morgan fingerprint density at radius 3 is 2.31 bits per heavy atom. The summed E-state index contributed by atoms with van der Waals surface area (Å²) >= 11 is 0. The quantitative estimate of drug-likeness (QED) is 0.784. The molecule has 0 aromatic heterocycles. The van der Waals surface area contributed by atoms with Gasteiger partial charge in [-0.3, -0.25) is 9.59 Å². The minimum Gasteiger partial charge on any atom is -0.497 e. The monoisotopic (exact) mass is 394 g/mol. The Kier molecular flexibility index (Phi) is 7.28. The minimum absolute atomic E-state index is 0.00578. The maximum atomic E-state index is 12.7. The van der Waals surface area contributed by atoms with Gasteiger partial charge in [-0.25, -0.2) is 0 Å². The molecule has 2 aromatic rings. The molecular formula is C24H30N2O3. The van der Waals surface area contributed by atoms with Crippen molar-refractivity contribution in [2.24, 2.45) is 5.92 Å². The third-order valence-corrected chi connectivity index (χ3v) is 5.57. The van der Waals surface area contributed by atoms with Crippen LogP contribution in [0.2, 0.25) is 0 Å². The molecule has 5 nitrogen and oxygen atoms in total. The molecule has 1 heterocycles. The third kappa shape index (κ3) is 6.08. The highest BCUT2D eigenvalue weighted by atomic mass is 16.5. The molecule has 0 aliphatic carbocycles. The summed E-state index contributed by atoms with van der Waals surface area (Å²) in [5, 5.41) is 2.84. The smallest absolute Gasteiger partial charge is 0.244 e. The van der Waals surface area contributed by atoms with Gasteiger partial charge in [0.25, 0.3) is 0 Å². The molecule has 154 valence electrons. The number of hydrogen-bond acceptors (Lipinski definition) is 3. The van der Waals surface area contributed by atoms with E-state index in [1.165, 1.54) is 5.56 Å². The molecule has 0 saturated carbocycles. The Morgan fingerprint density at radius 1 is 1.03 bits per heavy atom. The Hall–Kier alpha value is -2.82. The lowest BCUT2D eigenvalue weighted by Crippen LogP contribution is -2.49. The number of methoxy groups -OCH3 is 1. The Labute approximate surface area is 173 Å². The first-order valence-electron chi connectivity index (χ1n) is 10.3. The van der Waals surface area contributed by atoms with Gasteiger partial charge in [-0.15, -0.1) is 0 Å². The number of piperidine rings is 1. The van der Waals surface area contributed by atoms with E-state index >= 15 is 0 Å². The summed E-state index contributed by atoms with van der Waals surface area (Å²) in [7, 11) is 1.61. The number of nitrogens with zero attached hydrogens (tertiary/aromatic N) is 1. The van der Waals surface area contributed by atoms with Crippen LogP contribution in [0, 0.1) is 5.92 Å². The van der Waals surface area contributed by atoms with E-state index in [2.05, 4.69) is 29.6 Å². The highest BCUT2D eigenvalue weighted by Gasteiger charge is 2.26. The lowest BCUT2D eigenvalue weighted by atomic mass is 9.90. The number of rotatable bonds is 7. The summed E-state index contributed by atoms with van der Waals surface area (Å²) in [6, 6.07) is 17.4. The topological polar surface area (TPSA) is 58.6 Å². The fourth-order valence-electron chi connectivity index (χ4n) is 3.86. The van der Waals surface area contributed by atoms with Gasteiger partial charge in [-0.2, -0.15) is 0 Å². The van der Waals surface area contributed by atoms with Crippen molar-refractivity contribution < 1.29 is 14.3 Å². The molecular weight excluding hydrogens is 364 g/mol. The number of amides is 2. The molecule has 1 aliphatic rings. The van der Waals surface area contributed by atoms with Gasteiger partial charge >= 0.3 is 0 Å². The van der Waals surface area contributed by atoms with Crippen LogP contribution in [-0.2, 0) is 22.4 Å². The van der Waals surface area contributed by atoms with E-state index in [1.54, 1.807) is 14.0 Å². The zero-order valence-electron chi connectivity index (χ0n) is 17.3. The average molecular weight is 395 g/mol. The molecule has 0 bridgehead atoms. The van der Waals surface area contributed by atoms with Crippen molar-refractivity contribution in [3.8, 4) is 5.75 Å². The summed E-state index contributed by atoms with van der Waals surface area (Å²) < 4.78 is 5.13. The normalized spacial score (nSPS) is 15.6. The molecule has 1 atom stereocenters. The molecule has 29 heavy (non-hydrogen) atoms. The lowest BCUT2D eigenvalue weighted by molar-refractivity contribution is -0.137. The molecule has 0 unspecified atom stereocenters. The van der Waals surface area contributed by atoms with E-state index in [0.717, 1.165) is 43.7 Å². The van der Waals surface area contributed by atoms with Gasteiger partial charge in [0.2, 0.25) is 11.8 Å². The molecule has 1 fully saturated rings. The van der Waals surface area contributed by atoms with Crippen LogP contribution in [0.25, 0.3) is 0 Å². The number of ether oxygens (including phenoxy) is 1. The number of benzene rings is 2. The van der Waals surface area contributed by atoms with Crippen LogP contribution < -0.4 is 10.1 Å². The standard InChI is InChI=1S/C24H30N2O3/c1-18(25-23(27)17-20-8-10-22(29-2)11-9-20)24(28)26-14-12-21(13-15-26)16-19-6-4-3-5-7-19/h3-11,18,21H,12-17H2,1-2H3,(H,25,27)/t18-/m1/s1. The zero-order valence-corrected chi connectivity index (χ0v) is 17.3. The summed E-state index contributed by atoms with van der Waals surface area (Å²) in [4.78, 5) is 26.9. The molecule has 2 amide bonds. The highest BCUT2D eigenvalue weighted by Crippen LogP contribution is 2.22. The predicted molar refractivity (Wildman–Crippen MR) is 114 cm³/mol. The van der Waals surface area contributed by atoms with Crippen LogP contribution >= 0.6 is 0 Å². The van der Waals surface area contributed by atoms with E-state index in [4.69, 9.17) is 4.74 Å². The van der Waals surface area contributed by atoms with Crippen LogP contribution in [0.15, 0.2) is 54.6 Å².